The van der Waals surface area contributed by atoms with E-state index in [-0.39, 0.29) is 0 Å². The second kappa shape index (κ2) is 5.40. The highest BCUT2D eigenvalue weighted by Crippen LogP contribution is 2.16. The molecular formula is C11H15N5O. The molecule has 0 aliphatic carbocycles. The molecule has 0 aliphatic heterocycles. The van der Waals surface area contributed by atoms with Crippen molar-refractivity contribution in [2.75, 3.05) is 13.2 Å². The van der Waals surface area contributed by atoms with Crippen LogP contribution in [0.2, 0.25) is 0 Å². The average Bonchev–Trinajstić information content (AvgIpc) is 2.79. The van der Waals surface area contributed by atoms with Crippen LogP contribution in [0.4, 0.5) is 0 Å². The zero-order chi connectivity index (χ0) is 12.1. The highest BCUT2D eigenvalue weighted by Gasteiger charge is 2.07. The SMILES string of the molecule is CCOc1cccc(-n2nnnc2CCN)c1. The lowest BCUT2D eigenvalue weighted by Crippen LogP contribution is -2.10. The fourth-order valence-electron chi connectivity index (χ4n) is 1.56. The minimum atomic E-state index is 0.519. The molecule has 0 saturated heterocycles. The van der Waals surface area contributed by atoms with Crippen molar-refractivity contribution in [3.63, 3.8) is 0 Å². The topological polar surface area (TPSA) is 78.8 Å². The van der Waals surface area contributed by atoms with Gasteiger partial charge in [-0.3, -0.25) is 0 Å². The number of rotatable bonds is 5. The zero-order valence-electron chi connectivity index (χ0n) is 9.71. The summed E-state index contributed by atoms with van der Waals surface area (Å²) in [6.07, 6.45) is 0.645. The fourth-order valence-corrected chi connectivity index (χ4v) is 1.56. The summed E-state index contributed by atoms with van der Waals surface area (Å²) < 4.78 is 7.11. The van der Waals surface area contributed by atoms with Crippen LogP contribution in [0.15, 0.2) is 24.3 Å². The van der Waals surface area contributed by atoms with Crippen molar-refractivity contribution >= 4 is 0 Å². The van der Waals surface area contributed by atoms with Crippen molar-refractivity contribution in [3.05, 3.63) is 30.1 Å². The lowest BCUT2D eigenvalue weighted by Gasteiger charge is -2.06. The van der Waals surface area contributed by atoms with Crippen molar-refractivity contribution in [1.82, 2.24) is 20.2 Å². The quantitative estimate of drug-likeness (QED) is 0.816. The van der Waals surface area contributed by atoms with Gasteiger partial charge in [0.2, 0.25) is 0 Å². The third kappa shape index (κ3) is 2.59. The molecule has 17 heavy (non-hydrogen) atoms. The maximum Gasteiger partial charge on any atom is 0.157 e. The highest BCUT2D eigenvalue weighted by molar-refractivity contribution is 5.38. The van der Waals surface area contributed by atoms with E-state index in [1.54, 1.807) is 4.68 Å². The fraction of sp³-hybridized carbons (Fsp3) is 0.364. The maximum absolute atomic E-state index is 5.51. The van der Waals surface area contributed by atoms with E-state index in [1.807, 2.05) is 31.2 Å². The van der Waals surface area contributed by atoms with Crippen molar-refractivity contribution < 1.29 is 4.74 Å². The second-order valence-corrected chi connectivity index (χ2v) is 3.48. The predicted octanol–water partition coefficient (Wildman–Crippen LogP) is 0.562. The summed E-state index contributed by atoms with van der Waals surface area (Å²) in [6, 6.07) is 7.65. The minimum absolute atomic E-state index is 0.519. The van der Waals surface area contributed by atoms with Gasteiger partial charge in [-0.05, 0) is 36.0 Å². The Kier molecular flexibility index (Phi) is 3.66. The number of tetrazole rings is 1. The number of hydrogen-bond acceptors (Lipinski definition) is 5. The molecule has 0 fully saturated rings. The van der Waals surface area contributed by atoms with E-state index in [9.17, 15) is 0 Å². The van der Waals surface area contributed by atoms with Gasteiger partial charge in [0.1, 0.15) is 5.75 Å². The summed E-state index contributed by atoms with van der Waals surface area (Å²) >= 11 is 0. The van der Waals surface area contributed by atoms with E-state index in [0.29, 0.717) is 19.6 Å². The molecule has 2 aromatic rings. The highest BCUT2D eigenvalue weighted by atomic mass is 16.5. The van der Waals surface area contributed by atoms with Crippen molar-refractivity contribution in [2.45, 2.75) is 13.3 Å². The molecule has 6 nitrogen and oxygen atoms in total. The summed E-state index contributed by atoms with van der Waals surface area (Å²) in [6.45, 7) is 3.10. The number of nitrogens with zero attached hydrogens (tertiary/aromatic N) is 4. The van der Waals surface area contributed by atoms with Gasteiger partial charge in [0.15, 0.2) is 5.82 Å². The first-order chi connectivity index (χ1) is 8.35. The molecule has 1 aromatic carbocycles. The third-order valence-corrected chi connectivity index (χ3v) is 2.28. The molecule has 1 heterocycles. The Bertz CT molecular complexity index is 482. The van der Waals surface area contributed by atoms with E-state index in [0.717, 1.165) is 17.3 Å². The Morgan fingerprint density at radius 2 is 2.29 bits per heavy atom. The molecular weight excluding hydrogens is 218 g/mol. The van der Waals surface area contributed by atoms with Gasteiger partial charge >= 0.3 is 0 Å². The van der Waals surface area contributed by atoms with Crippen LogP contribution < -0.4 is 10.5 Å². The first kappa shape index (κ1) is 11.5. The first-order valence-corrected chi connectivity index (χ1v) is 5.55. The second-order valence-electron chi connectivity index (χ2n) is 3.48. The third-order valence-electron chi connectivity index (χ3n) is 2.28. The van der Waals surface area contributed by atoms with Crippen LogP contribution in [-0.4, -0.2) is 33.4 Å². The van der Waals surface area contributed by atoms with Gasteiger partial charge in [0, 0.05) is 12.5 Å². The van der Waals surface area contributed by atoms with E-state index < -0.39 is 0 Å². The standard InChI is InChI=1S/C11H15N5O/c1-2-17-10-5-3-4-9(8-10)16-11(6-7-12)13-14-15-16/h3-5,8H,2,6-7,12H2,1H3. The van der Waals surface area contributed by atoms with Gasteiger partial charge in [0.05, 0.1) is 12.3 Å². The molecule has 1 aromatic heterocycles. The van der Waals surface area contributed by atoms with Gasteiger partial charge in [-0.25, -0.2) is 0 Å². The molecule has 0 bridgehead atoms. The molecule has 0 unspecified atom stereocenters. The van der Waals surface area contributed by atoms with Crippen LogP contribution in [0.3, 0.4) is 0 Å². The molecule has 0 atom stereocenters. The summed E-state index contributed by atoms with van der Waals surface area (Å²) in [4.78, 5) is 0. The van der Waals surface area contributed by atoms with Crippen LogP contribution >= 0.6 is 0 Å². The summed E-state index contributed by atoms with van der Waals surface area (Å²) in [7, 11) is 0. The molecule has 0 spiro atoms. The van der Waals surface area contributed by atoms with Crippen LogP contribution in [0.5, 0.6) is 5.75 Å². The molecule has 2 rings (SSSR count). The van der Waals surface area contributed by atoms with Crippen LogP contribution in [0.1, 0.15) is 12.7 Å². The average molecular weight is 233 g/mol. The normalized spacial score (nSPS) is 10.5. The molecule has 90 valence electrons. The Labute approximate surface area is 99.4 Å². The maximum atomic E-state index is 5.51. The van der Waals surface area contributed by atoms with E-state index in [2.05, 4.69) is 15.5 Å². The summed E-state index contributed by atoms with van der Waals surface area (Å²) in [5.41, 5.74) is 6.39. The Balaban J connectivity index is 2.31. The number of aromatic nitrogens is 4. The van der Waals surface area contributed by atoms with Gasteiger partial charge in [-0.1, -0.05) is 6.07 Å². The molecule has 0 amide bonds. The number of hydrogen-bond donors (Lipinski definition) is 1. The Morgan fingerprint density at radius 1 is 1.41 bits per heavy atom. The Morgan fingerprint density at radius 3 is 3.06 bits per heavy atom. The molecule has 2 N–H and O–H groups in total. The van der Waals surface area contributed by atoms with Crippen LogP contribution in [-0.2, 0) is 6.42 Å². The Hall–Kier alpha value is -1.95. The van der Waals surface area contributed by atoms with Crippen LogP contribution in [0, 0.1) is 0 Å². The summed E-state index contributed by atoms with van der Waals surface area (Å²) in [5.74, 6) is 1.56. The molecule has 0 saturated carbocycles. The molecule has 6 heteroatoms. The zero-order valence-corrected chi connectivity index (χ0v) is 9.71. The van der Waals surface area contributed by atoms with Crippen molar-refractivity contribution in [3.8, 4) is 11.4 Å². The number of benzene rings is 1. The van der Waals surface area contributed by atoms with Crippen molar-refractivity contribution in [1.29, 1.82) is 0 Å². The number of nitrogens with two attached hydrogens (primary N) is 1. The van der Waals surface area contributed by atoms with E-state index in [1.165, 1.54) is 0 Å². The van der Waals surface area contributed by atoms with E-state index in [4.69, 9.17) is 10.5 Å². The monoisotopic (exact) mass is 233 g/mol. The number of ether oxygens (including phenoxy) is 1. The summed E-state index contributed by atoms with van der Waals surface area (Å²) in [5, 5.41) is 11.5. The first-order valence-electron chi connectivity index (χ1n) is 5.55. The van der Waals surface area contributed by atoms with Gasteiger partial charge in [-0.2, -0.15) is 4.68 Å². The lowest BCUT2D eigenvalue weighted by molar-refractivity contribution is 0.340. The van der Waals surface area contributed by atoms with E-state index >= 15 is 0 Å². The lowest BCUT2D eigenvalue weighted by atomic mass is 10.3. The molecule has 0 radical (unpaired) electrons. The van der Waals surface area contributed by atoms with Crippen molar-refractivity contribution in [2.24, 2.45) is 5.73 Å². The largest absolute Gasteiger partial charge is 0.494 e. The van der Waals surface area contributed by atoms with Gasteiger partial charge in [0.25, 0.3) is 0 Å². The predicted molar refractivity (Wildman–Crippen MR) is 63.1 cm³/mol. The smallest absolute Gasteiger partial charge is 0.157 e. The van der Waals surface area contributed by atoms with Gasteiger partial charge in [-0.15, -0.1) is 5.10 Å². The molecule has 0 aliphatic rings. The van der Waals surface area contributed by atoms with Crippen LogP contribution in [0.25, 0.3) is 5.69 Å². The van der Waals surface area contributed by atoms with Gasteiger partial charge < -0.3 is 10.5 Å². The minimum Gasteiger partial charge on any atom is -0.494 e.